The van der Waals surface area contributed by atoms with Crippen LogP contribution in [-0.2, 0) is 11.3 Å². The zero-order valence-corrected chi connectivity index (χ0v) is 11.1. The Balaban J connectivity index is 1.96. The predicted octanol–water partition coefficient (Wildman–Crippen LogP) is 0.0776. The normalized spacial score (nSPS) is 12.4. The van der Waals surface area contributed by atoms with Crippen LogP contribution in [0.5, 0.6) is 0 Å². The smallest absolute Gasteiger partial charge is 0.242 e. The number of H-pyrrole nitrogens is 1. The fourth-order valence-electron chi connectivity index (χ4n) is 1.73. The van der Waals surface area contributed by atoms with Crippen LogP contribution >= 0.6 is 0 Å². The van der Waals surface area contributed by atoms with Gasteiger partial charge in [-0.3, -0.25) is 9.89 Å². The summed E-state index contributed by atoms with van der Waals surface area (Å²) in [6.45, 7) is 5.52. The average Bonchev–Trinajstić information content (AvgIpc) is 2.86. The number of rotatable bonds is 4. The van der Waals surface area contributed by atoms with Crippen molar-refractivity contribution in [2.75, 3.05) is 5.73 Å². The molecule has 0 aliphatic rings. The number of aryl methyl sites for hydroxylation is 2. The summed E-state index contributed by atoms with van der Waals surface area (Å²) in [5.74, 6) is 1.54. The number of nitrogen functional groups attached to an aromatic ring is 1. The fraction of sp³-hybridized carbons (Fsp3) is 0.455. The highest BCUT2D eigenvalue weighted by Gasteiger charge is 2.15. The van der Waals surface area contributed by atoms with Gasteiger partial charge in [0.1, 0.15) is 18.2 Å². The van der Waals surface area contributed by atoms with Crippen molar-refractivity contribution in [1.29, 1.82) is 0 Å². The van der Waals surface area contributed by atoms with E-state index < -0.39 is 0 Å². The van der Waals surface area contributed by atoms with Crippen molar-refractivity contribution in [3.63, 3.8) is 0 Å². The van der Waals surface area contributed by atoms with Gasteiger partial charge in [0.25, 0.3) is 0 Å². The van der Waals surface area contributed by atoms with E-state index in [-0.39, 0.29) is 18.5 Å². The first-order valence-electron chi connectivity index (χ1n) is 5.94. The predicted molar refractivity (Wildman–Crippen MR) is 69.1 cm³/mol. The molecular formula is C11H17N7O. The summed E-state index contributed by atoms with van der Waals surface area (Å²) < 4.78 is 1.46. The SMILES string of the molecule is Cc1cc(N)n(CC(=O)NC(C)c2n[nH]c(C)n2)n1. The minimum Gasteiger partial charge on any atom is -0.384 e. The molecule has 0 saturated heterocycles. The summed E-state index contributed by atoms with van der Waals surface area (Å²) in [5, 5.41) is 13.7. The molecule has 0 aliphatic carbocycles. The summed E-state index contributed by atoms with van der Waals surface area (Å²) in [5.41, 5.74) is 6.51. The lowest BCUT2D eigenvalue weighted by Crippen LogP contribution is -2.31. The van der Waals surface area contributed by atoms with E-state index in [0.717, 1.165) is 5.69 Å². The Labute approximate surface area is 110 Å². The third-order valence-corrected chi connectivity index (χ3v) is 2.61. The van der Waals surface area contributed by atoms with Crippen molar-refractivity contribution >= 4 is 11.7 Å². The van der Waals surface area contributed by atoms with Crippen molar-refractivity contribution in [3.05, 3.63) is 23.4 Å². The van der Waals surface area contributed by atoms with E-state index in [2.05, 4.69) is 25.6 Å². The van der Waals surface area contributed by atoms with E-state index in [1.165, 1.54) is 4.68 Å². The zero-order chi connectivity index (χ0) is 14.0. The topological polar surface area (TPSA) is 115 Å². The van der Waals surface area contributed by atoms with Crippen LogP contribution in [0.3, 0.4) is 0 Å². The van der Waals surface area contributed by atoms with Gasteiger partial charge in [0.15, 0.2) is 5.82 Å². The van der Waals surface area contributed by atoms with Gasteiger partial charge in [-0.2, -0.15) is 10.2 Å². The summed E-state index contributed by atoms with van der Waals surface area (Å²) >= 11 is 0. The number of aromatic nitrogens is 5. The molecule has 4 N–H and O–H groups in total. The first-order valence-corrected chi connectivity index (χ1v) is 5.94. The Morgan fingerprint density at radius 1 is 1.58 bits per heavy atom. The standard InChI is InChI=1S/C11H17N7O/c1-6-4-9(12)18(17-6)5-10(19)13-7(2)11-14-8(3)15-16-11/h4,7H,5,12H2,1-3H3,(H,13,19)(H,14,15,16). The van der Waals surface area contributed by atoms with Crippen LogP contribution in [0.25, 0.3) is 0 Å². The molecule has 8 heteroatoms. The van der Waals surface area contributed by atoms with Gasteiger partial charge in [0.2, 0.25) is 5.91 Å². The first kappa shape index (κ1) is 13.1. The van der Waals surface area contributed by atoms with Gasteiger partial charge in [-0.25, -0.2) is 9.67 Å². The van der Waals surface area contributed by atoms with Crippen LogP contribution in [0.4, 0.5) is 5.82 Å². The summed E-state index contributed by atoms with van der Waals surface area (Å²) in [6, 6.07) is 1.45. The third-order valence-electron chi connectivity index (χ3n) is 2.61. The monoisotopic (exact) mass is 263 g/mol. The molecule has 2 heterocycles. The van der Waals surface area contributed by atoms with Crippen LogP contribution in [0.15, 0.2) is 6.07 Å². The number of nitrogens with two attached hydrogens (primary N) is 1. The van der Waals surface area contributed by atoms with Crippen LogP contribution in [0, 0.1) is 13.8 Å². The second-order valence-electron chi connectivity index (χ2n) is 4.44. The van der Waals surface area contributed by atoms with Gasteiger partial charge in [-0.05, 0) is 20.8 Å². The second-order valence-corrected chi connectivity index (χ2v) is 4.44. The number of anilines is 1. The Kier molecular flexibility index (Phi) is 3.50. The van der Waals surface area contributed by atoms with Crippen molar-refractivity contribution < 1.29 is 4.79 Å². The number of amides is 1. The third kappa shape index (κ3) is 3.09. The van der Waals surface area contributed by atoms with E-state index in [1.807, 2.05) is 13.8 Å². The maximum Gasteiger partial charge on any atom is 0.242 e. The molecule has 8 nitrogen and oxygen atoms in total. The van der Waals surface area contributed by atoms with Crippen molar-refractivity contribution in [3.8, 4) is 0 Å². The van der Waals surface area contributed by atoms with Crippen molar-refractivity contribution in [2.24, 2.45) is 0 Å². The van der Waals surface area contributed by atoms with Crippen LogP contribution < -0.4 is 11.1 Å². The summed E-state index contributed by atoms with van der Waals surface area (Å²) in [6.07, 6.45) is 0. The minimum atomic E-state index is -0.268. The number of carbonyl (C=O) groups is 1. The summed E-state index contributed by atoms with van der Waals surface area (Å²) in [4.78, 5) is 16.0. The molecule has 1 atom stereocenters. The lowest BCUT2D eigenvalue weighted by molar-refractivity contribution is -0.122. The number of carbonyl (C=O) groups excluding carboxylic acids is 1. The molecule has 0 aromatic carbocycles. The minimum absolute atomic E-state index is 0.0768. The molecule has 1 unspecified atom stereocenters. The van der Waals surface area contributed by atoms with Gasteiger partial charge in [-0.1, -0.05) is 0 Å². The van der Waals surface area contributed by atoms with E-state index in [9.17, 15) is 4.79 Å². The number of hydrogen-bond donors (Lipinski definition) is 3. The zero-order valence-electron chi connectivity index (χ0n) is 11.1. The molecule has 0 bridgehead atoms. The Morgan fingerprint density at radius 3 is 2.84 bits per heavy atom. The van der Waals surface area contributed by atoms with E-state index >= 15 is 0 Å². The van der Waals surface area contributed by atoms with E-state index in [4.69, 9.17) is 5.73 Å². The average molecular weight is 263 g/mol. The number of nitrogens with zero attached hydrogens (tertiary/aromatic N) is 4. The van der Waals surface area contributed by atoms with Gasteiger partial charge in [0.05, 0.1) is 11.7 Å². The highest BCUT2D eigenvalue weighted by molar-refractivity contribution is 5.76. The number of aromatic amines is 1. The molecular weight excluding hydrogens is 246 g/mol. The second kappa shape index (κ2) is 5.09. The number of nitrogens with one attached hydrogen (secondary N) is 2. The van der Waals surface area contributed by atoms with Gasteiger partial charge < -0.3 is 11.1 Å². The van der Waals surface area contributed by atoms with Crippen LogP contribution in [-0.4, -0.2) is 30.9 Å². The highest BCUT2D eigenvalue weighted by Crippen LogP contribution is 2.07. The van der Waals surface area contributed by atoms with Crippen molar-refractivity contribution in [1.82, 2.24) is 30.3 Å². The molecule has 2 aromatic heterocycles. The Bertz CT molecular complexity index is 586. The molecule has 19 heavy (non-hydrogen) atoms. The highest BCUT2D eigenvalue weighted by atomic mass is 16.2. The van der Waals surface area contributed by atoms with Gasteiger partial charge in [-0.15, -0.1) is 0 Å². The molecule has 0 aliphatic heterocycles. The Morgan fingerprint density at radius 2 is 2.32 bits per heavy atom. The molecule has 2 aromatic rings. The molecule has 102 valence electrons. The Hall–Kier alpha value is -2.38. The van der Waals surface area contributed by atoms with Gasteiger partial charge in [0, 0.05) is 6.07 Å². The van der Waals surface area contributed by atoms with Crippen LogP contribution in [0.2, 0.25) is 0 Å². The molecule has 0 radical (unpaired) electrons. The molecule has 1 amide bonds. The lowest BCUT2D eigenvalue weighted by atomic mass is 10.3. The molecule has 0 fully saturated rings. The van der Waals surface area contributed by atoms with E-state index in [0.29, 0.717) is 17.5 Å². The molecule has 2 rings (SSSR count). The maximum atomic E-state index is 11.9. The first-order chi connectivity index (χ1) is 8.95. The molecule has 0 spiro atoms. The maximum absolute atomic E-state index is 11.9. The quantitative estimate of drug-likeness (QED) is 0.722. The van der Waals surface area contributed by atoms with Crippen LogP contribution in [0.1, 0.15) is 30.3 Å². The molecule has 0 saturated carbocycles. The van der Waals surface area contributed by atoms with Crippen molar-refractivity contribution in [2.45, 2.75) is 33.4 Å². The lowest BCUT2D eigenvalue weighted by Gasteiger charge is -2.11. The van der Waals surface area contributed by atoms with E-state index in [1.54, 1.807) is 13.0 Å². The summed E-state index contributed by atoms with van der Waals surface area (Å²) in [7, 11) is 0. The largest absolute Gasteiger partial charge is 0.384 e. The fourth-order valence-corrected chi connectivity index (χ4v) is 1.73. The number of hydrogen-bond acceptors (Lipinski definition) is 5. The van der Waals surface area contributed by atoms with Gasteiger partial charge >= 0.3 is 0 Å².